The molecule has 4 heteroatoms. The van der Waals surface area contributed by atoms with Crippen molar-refractivity contribution >= 4 is 15.9 Å². The maximum Gasteiger partial charge on any atom is 0.0791 e. The van der Waals surface area contributed by atoms with Crippen molar-refractivity contribution in [3.8, 4) is 0 Å². The topological polar surface area (TPSA) is 35.5 Å². The van der Waals surface area contributed by atoms with E-state index >= 15 is 0 Å². The molecule has 3 nitrogen and oxygen atoms in total. The number of halogens is 1. The van der Waals surface area contributed by atoms with E-state index in [2.05, 4.69) is 59.1 Å². The molecule has 1 unspecified atom stereocenters. The molecule has 108 valence electrons. The van der Waals surface area contributed by atoms with E-state index in [9.17, 15) is 5.11 Å². The SMILES string of the molecule is CCN(CC)CC(O)CN[C@H](C)c1cccc(Br)c1. The van der Waals surface area contributed by atoms with Gasteiger partial charge in [-0.2, -0.15) is 0 Å². The first-order chi connectivity index (χ1) is 9.06. The van der Waals surface area contributed by atoms with E-state index < -0.39 is 0 Å². The Kier molecular flexibility index (Phi) is 7.61. The molecule has 0 spiro atoms. The molecule has 0 aliphatic rings. The maximum atomic E-state index is 10.0. The van der Waals surface area contributed by atoms with Gasteiger partial charge in [-0.3, -0.25) is 0 Å². The van der Waals surface area contributed by atoms with E-state index in [4.69, 9.17) is 0 Å². The number of hydrogen-bond acceptors (Lipinski definition) is 3. The fraction of sp³-hybridized carbons (Fsp3) is 0.600. The fourth-order valence-electron chi connectivity index (χ4n) is 2.05. The second-order valence-electron chi connectivity index (χ2n) is 4.82. The summed E-state index contributed by atoms with van der Waals surface area (Å²) in [7, 11) is 0. The summed E-state index contributed by atoms with van der Waals surface area (Å²) in [5.74, 6) is 0. The first-order valence-electron chi connectivity index (χ1n) is 6.96. The van der Waals surface area contributed by atoms with E-state index in [1.54, 1.807) is 0 Å². The van der Waals surface area contributed by atoms with Crippen LogP contribution in [0.4, 0.5) is 0 Å². The summed E-state index contributed by atoms with van der Waals surface area (Å²) in [6, 6.07) is 8.49. The smallest absolute Gasteiger partial charge is 0.0791 e. The van der Waals surface area contributed by atoms with Crippen LogP contribution in [0.2, 0.25) is 0 Å². The monoisotopic (exact) mass is 328 g/mol. The lowest BCUT2D eigenvalue weighted by molar-refractivity contribution is 0.114. The summed E-state index contributed by atoms with van der Waals surface area (Å²) in [5.41, 5.74) is 1.23. The van der Waals surface area contributed by atoms with E-state index in [1.165, 1.54) is 5.56 Å². The van der Waals surface area contributed by atoms with Crippen LogP contribution in [-0.2, 0) is 0 Å². The van der Waals surface area contributed by atoms with Crippen molar-refractivity contribution in [1.82, 2.24) is 10.2 Å². The van der Waals surface area contributed by atoms with Crippen molar-refractivity contribution in [3.05, 3.63) is 34.3 Å². The minimum Gasteiger partial charge on any atom is -0.390 e. The van der Waals surface area contributed by atoms with Crippen molar-refractivity contribution in [3.63, 3.8) is 0 Å². The van der Waals surface area contributed by atoms with Crippen LogP contribution in [0.3, 0.4) is 0 Å². The minimum absolute atomic E-state index is 0.240. The second kappa shape index (κ2) is 8.69. The minimum atomic E-state index is -0.325. The fourth-order valence-corrected chi connectivity index (χ4v) is 2.47. The van der Waals surface area contributed by atoms with Crippen LogP contribution in [-0.4, -0.2) is 42.3 Å². The van der Waals surface area contributed by atoms with E-state index in [-0.39, 0.29) is 12.1 Å². The van der Waals surface area contributed by atoms with Crippen LogP contribution in [0.15, 0.2) is 28.7 Å². The zero-order chi connectivity index (χ0) is 14.3. The molecule has 1 rings (SSSR count). The molecule has 19 heavy (non-hydrogen) atoms. The predicted molar refractivity (Wildman–Crippen MR) is 84.4 cm³/mol. The van der Waals surface area contributed by atoms with E-state index in [1.807, 2.05) is 12.1 Å². The lowest BCUT2D eigenvalue weighted by Crippen LogP contribution is -2.38. The van der Waals surface area contributed by atoms with Gasteiger partial charge in [0.05, 0.1) is 6.10 Å². The van der Waals surface area contributed by atoms with Gasteiger partial charge in [0.2, 0.25) is 0 Å². The second-order valence-corrected chi connectivity index (χ2v) is 5.74. The zero-order valence-electron chi connectivity index (χ0n) is 12.1. The molecule has 1 aromatic rings. The Hall–Kier alpha value is -0.420. The Morgan fingerprint density at radius 3 is 2.58 bits per heavy atom. The lowest BCUT2D eigenvalue weighted by Gasteiger charge is -2.23. The molecular formula is C15H25BrN2O. The first kappa shape index (κ1) is 16.6. The van der Waals surface area contributed by atoms with Gasteiger partial charge in [0.25, 0.3) is 0 Å². The third-order valence-electron chi connectivity index (χ3n) is 3.37. The highest BCUT2D eigenvalue weighted by molar-refractivity contribution is 9.10. The van der Waals surface area contributed by atoms with E-state index in [0.717, 1.165) is 24.1 Å². The summed E-state index contributed by atoms with van der Waals surface area (Å²) in [6.07, 6.45) is -0.325. The highest BCUT2D eigenvalue weighted by Crippen LogP contribution is 2.17. The standard InChI is InChI=1S/C15H25BrN2O/c1-4-18(5-2)11-15(19)10-17-12(3)13-7-6-8-14(16)9-13/h6-9,12,15,17,19H,4-5,10-11H2,1-3H3/t12-,15?/m1/s1. The average molecular weight is 329 g/mol. The average Bonchev–Trinajstić information content (AvgIpc) is 2.42. The Bertz CT molecular complexity index is 369. The van der Waals surface area contributed by atoms with Gasteiger partial charge in [-0.1, -0.05) is 41.9 Å². The predicted octanol–water partition coefficient (Wildman–Crippen LogP) is 2.80. The van der Waals surface area contributed by atoms with Crippen molar-refractivity contribution in [2.24, 2.45) is 0 Å². The van der Waals surface area contributed by atoms with Gasteiger partial charge in [0.15, 0.2) is 0 Å². The number of rotatable bonds is 8. The van der Waals surface area contributed by atoms with Gasteiger partial charge in [0, 0.05) is 23.6 Å². The van der Waals surface area contributed by atoms with Crippen LogP contribution in [0.5, 0.6) is 0 Å². The molecule has 0 heterocycles. The third-order valence-corrected chi connectivity index (χ3v) is 3.86. The molecule has 0 aliphatic heterocycles. The third kappa shape index (κ3) is 6.04. The molecule has 0 aromatic heterocycles. The van der Waals surface area contributed by atoms with Gasteiger partial charge in [0.1, 0.15) is 0 Å². The number of aliphatic hydroxyl groups is 1. The van der Waals surface area contributed by atoms with Crippen LogP contribution >= 0.6 is 15.9 Å². The summed E-state index contributed by atoms with van der Waals surface area (Å²) in [5, 5.41) is 13.4. The summed E-state index contributed by atoms with van der Waals surface area (Å²) >= 11 is 3.48. The molecule has 2 atom stereocenters. The number of aliphatic hydroxyl groups excluding tert-OH is 1. The molecule has 0 saturated heterocycles. The zero-order valence-corrected chi connectivity index (χ0v) is 13.7. The van der Waals surface area contributed by atoms with Crippen molar-refractivity contribution in [2.75, 3.05) is 26.2 Å². The van der Waals surface area contributed by atoms with Gasteiger partial charge in [-0.05, 0) is 37.7 Å². The lowest BCUT2D eigenvalue weighted by atomic mass is 10.1. The number of likely N-dealkylation sites (N-methyl/N-ethyl adjacent to an activating group) is 1. The molecule has 0 saturated carbocycles. The molecular weight excluding hydrogens is 304 g/mol. The highest BCUT2D eigenvalue weighted by Gasteiger charge is 2.11. The van der Waals surface area contributed by atoms with Crippen LogP contribution < -0.4 is 5.32 Å². The maximum absolute atomic E-state index is 10.0. The number of benzene rings is 1. The molecule has 0 aliphatic carbocycles. The van der Waals surface area contributed by atoms with Gasteiger partial charge < -0.3 is 15.3 Å². The van der Waals surface area contributed by atoms with E-state index in [0.29, 0.717) is 6.54 Å². The van der Waals surface area contributed by atoms with Crippen molar-refractivity contribution < 1.29 is 5.11 Å². The Labute approximate surface area is 125 Å². The Morgan fingerprint density at radius 1 is 1.32 bits per heavy atom. The number of hydrogen-bond donors (Lipinski definition) is 2. The van der Waals surface area contributed by atoms with Crippen molar-refractivity contribution in [1.29, 1.82) is 0 Å². The molecule has 2 N–H and O–H groups in total. The summed E-state index contributed by atoms with van der Waals surface area (Å²) < 4.78 is 1.09. The molecule has 1 aromatic carbocycles. The summed E-state index contributed by atoms with van der Waals surface area (Å²) in [4.78, 5) is 2.23. The Balaban J connectivity index is 2.39. The van der Waals surface area contributed by atoms with Crippen LogP contribution in [0.1, 0.15) is 32.4 Å². The normalized spacial score (nSPS) is 14.6. The first-order valence-corrected chi connectivity index (χ1v) is 7.75. The number of nitrogens with zero attached hydrogens (tertiary/aromatic N) is 1. The van der Waals surface area contributed by atoms with Crippen LogP contribution in [0, 0.1) is 0 Å². The Morgan fingerprint density at radius 2 is 2.00 bits per heavy atom. The quantitative estimate of drug-likeness (QED) is 0.770. The van der Waals surface area contributed by atoms with Gasteiger partial charge in [-0.15, -0.1) is 0 Å². The molecule has 0 bridgehead atoms. The largest absolute Gasteiger partial charge is 0.390 e. The van der Waals surface area contributed by atoms with Crippen LogP contribution in [0.25, 0.3) is 0 Å². The molecule has 0 amide bonds. The molecule has 0 radical (unpaired) electrons. The van der Waals surface area contributed by atoms with Gasteiger partial charge in [-0.25, -0.2) is 0 Å². The van der Waals surface area contributed by atoms with Gasteiger partial charge >= 0.3 is 0 Å². The van der Waals surface area contributed by atoms with Crippen molar-refractivity contribution in [2.45, 2.75) is 32.9 Å². The summed E-state index contributed by atoms with van der Waals surface area (Å²) in [6.45, 7) is 9.66. The highest BCUT2D eigenvalue weighted by atomic mass is 79.9. The molecule has 0 fully saturated rings. The number of nitrogens with one attached hydrogen (secondary N) is 1.